The van der Waals surface area contributed by atoms with Crippen LogP contribution in [0.3, 0.4) is 0 Å². The highest BCUT2D eigenvalue weighted by Gasteiger charge is 2.14. The van der Waals surface area contributed by atoms with Crippen molar-refractivity contribution in [1.82, 2.24) is 5.32 Å². The third-order valence-corrected chi connectivity index (χ3v) is 4.64. The average molecular weight is 379 g/mol. The fourth-order valence-electron chi connectivity index (χ4n) is 2.54. The van der Waals surface area contributed by atoms with Crippen molar-refractivity contribution in [2.45, 2.75) is 33.2 Å². The maximum Gasteiger partial charge on any atom is 0.0371 e. The van der Waals surface area contributed by atoms with Crippen LogP contribution < -0.4 is 5.32 Å². The molecule has 1 unspecified atom stereocenters. The van der Waals surface area contributed by atoms with Gasteiger partial charge in [0.05, 0.1) is 0 Å². The molecule has 0 saturated carbocycles. The monoisotopic (exact) mass is 379 g/mol. The summed E-state index contributed by atoms with van der Waals surface area (Å²) in [7, 11) is 0. The second-order valence-corrected chi connectivity index (χ2v) is 6.43. The van der Waals surface area contributed by atoms with Crippen molar-refractivity contribution in [1.29, 1.82) is 0 Å². The van der Waals surface area contributed by atoms with E-state index in [1.807, 2.05) is 0 Å². The lowest BCUT2D eigenvalue weighted by Crippen LogP contribution is -2.24. The van der Waals surface area contributed by atoms with Gasteiger partial charge in [-0.05, 0) is 72.2 Å². The van der Waals surface area contributed by atoms with E-state index in [4.69, 9.17) is 0 Å². The highest BCUT2D eigenvalue weighted by Crippen LogP contribution is 2.25. The van der Waals surface area contributed by atoms with E-state index in [0.29, 0.717) is 6.04 Å². The van der Waals surface area contributed by atoms with E-state index < -0.39 is 0 Å². The van der Waals surface area contributed by atoms with Crippen LogP contribution in [0.25, 0.3) is 0 Å². The summed E-state index contributed by atoms with van der Waals surface area (Å²) in [5, 5.41) is 3.63. The van der Waals surface area contributed by atoms with Gasteiger partial charge in [-0.15, -0.1) is 0 Å². The molecular formula is C18H22IN. The summed E-state index contributed by atoms with van der Waals surface area (Å²) in [4.78, 5) is 0. The van der Waals surface area contributed by atoms with Crippen LogP contribution in [0, 0.1) is 17.4 Å². The molecule has 0 saturated heterocycles. The van der Waals surface area contributed by atoms with Crippen molar-refractivity contribution < 1.29 is 0 Å². The molecule has 2 heteroatoms. The molecule has 1 N–H and O–H groups in total. The molecular weight excluding hydrogens is 357 g/mol. The fraction of sp³-hybridized carbons (Fsp3) is 0.333. The first-order chi connectivity index (χ1) is 9.61. The Morgan fingerprint density at radius 3 is 2.55 bits per heavy atom. The Hall–Kier alpha value is -0.870. The van der Waals surface area contributed by atoms with Crippen LogP contribution in [0.1, 0.15) is 35.2 Å². The van der Waals surface area contributed by atoms with E-state index in [2.05, 4.69) is 91.1 Å². The van der Waals surface area contributed by atoms with Crippen LogP contribution in [-0.4, -0.2) is 6.54 Å². The Balaban J connectivity index is 2.30. The zero-order valence-electron chi connectivity index (χ0n) is 12.4. The molecule has 0 bridgehead atoms. The second-order valence-electron chi connectivity index (χ2n) is 5.27. The maximum absolute atomic E-state index is 3.63. The molecule has 1 atom stereocenters. The van der Waals surface area contributed by atoms with Crippen LogP contribution >= 0.6 is 22.6 Å². The lowest BCUT2D eigenvalue weighted by Gasteiger charge is -2.21. The summed E-state index contributed by atoms with van der Waals surface area (Å²) in [6.07, 6.45) is 1.04. The first-order valence-electron chi connectivity index (χ1n) is 7.15. The van der Waals surface area contributed by atoms with Crippen molar-refractivity contribution in [3.05, 3.63) is 68.3 Å². The van der Waals surface area contributed by atoms with E-state index in [0.717, 1.165) is 13.0 Å². The molecule has 0 aromatic heterocycles. The zero-order valence-corrected chi connectivity index (χ0v) is 14.6. The number of nitrogens with one attached hydrogen (secondary N) is 1. The summed E-state index contributed by atoms with van der Waals surface area (Å²) in [5.41, 5.74) is 5.56. The van der Waals surface area contributed by atoms with Gasteiger partial charge in [-0.1, -0.05) is 48.9 Å². The Morgan fingerprint density at radius 2 is 1.85 bits per heavy atom. The van der Waals surface area contributed by atoms with Gasteiger partial charge in [-0.2, -0.15) is 0 Å². The van der Waals surface area contributed by atoms with Gasteiger partial charge in [-0.25, -0.2) is 0 Å². The summed E-state index contributed by atoms with van der Waals surface area (Å²) in [6.45, 7) is 7.53. The highest BCUT2D eigenvalue weighted by atomic mass is 127. The molecule has 0 aliphatic heterocycles. The minimum Gasteiger partial charge on any atom is -0.310 e. The van der Waals surface area contributed by atoms with E-state index in [-0.39, 0.29) is 0 Å². The van der Waals surface area contributed by atoms with Crippen molar-refractivity contribution in [2.75, 3.05) is 6.54 Å². The molecule has 0 aliphatic rings. The molecule has 0 amide bonds. The second kappa shape index (κ2) is 7.23. The molecule has 0 fully saturated rings. The highest BCUT2D eigenvalue weighted by molar-refractivity contribution is 14.1. The average Bonchev–Trinajstić information content (AvgIpc) is 2.43. The molecule has 0 aliphatic carbocycles. The number of benzene rings is 2. The first kappa shape index (κ1) is 15.5. The molecule has 2 aromatic carbocycles. The van der Waals surface area contributed by atoms with E-state index in [1.165, 1.54) is 25.8 Å². The van der Waals surface area contributed by atoms with Gasteiger partial charge in [0.25, 0.3) is 0 Å². The number of hydrogen-bond donors (Lipinski definition) is 1. The van der Waals surface area contributed by atoms with E-state index in [9.17, 15) is 0 Å². The lowest BCUT2D eigenvalue weighted by atomic mass is 9.95. The number of rotatable bonds is 5. The number of likely N-dealkylation sites (N-methyl/N-ethyl adjacent to an activating group) is 1. The Labute approximate surface area is 135 Å². The van der Waals surface area contributed by atoms with Crippen molar-refractivity contribution in [2.24, 2.45) is 0 Å². The van der Waals surface area contributed by atoms with Crippen LogP contribution in [0.15, 0.2) is 42.5 Å². The first-order valence-corrected chi connectivity index (χ1v) is 8.23. The maximum atomic E-state index is 3.63. The number of hydrogen-bond acceptors (Lipinski definition) is 1. The molecule has 20 heavy (non-hydrogen) atoms. The Morgan fingerprint density at radius 1 is 1.10 bits per heavy atom. The molecule has 0 heterocycles. The topological polar surface area (TPSA) is 12.0 Å². The zero-order chi connectivity index (χ0) is 14.5. The minimum absolute atomic E-state index is 0.383. The molecule has 2 aromatic rings. The third-order valence-electron chi connectivity index (χ3n) is 3.66. The summed E-state index contributed by atoms with van der Waals surface area (Å²) >= 11 is 2.43. The molecule has 0 radical (unpaired) electrons. The van der Waals surface area contributed by atoms with Gasteiger partial charge < -0.3 is 5.32 Å². The van der Waals surface area contributed by atoms with Gasteiger partial charge in [0.15, 0.2) is 0 Å². The molecule has 106 valence electrons. The molecule has 2 rings (SSSR count). The fourth-order valence-corrected chi connectivity index (χ4v) is 3.30. The standard InChI is InChI=1S/C18H22IN/c1-4-20-18(16-7-5-6-8-17(16)19)12-15-11-13(2)9-10-14(15)3/h5-11,18,20H,4,12H2,1-3H3. The van der Waals surface area contributed by atoms with Gasteiger partial charge in [0.1, 0.15) is 0 Å². The Bertz CT molecular complexity index is 577. The van der Waals surface area contributed by atoms with Crippen LogP contribution in [0.2, 0.25) is 0 Å². The predicted octanol–water partition coefficient (Wildman–Crippen LogP) is 4.80. The largest absolute Gasteiger partial charge is 0.310 e. The molecule has 1 nitrogen and oxygen atoms in total. The quantitative estimate of drug-likeness (QED) is 0.736. The van der Waals surface area contributed by atoms with E-state index in [1.54, 1.807) is 0 Å². The van der Waals surface area contributed by atoms with Gasteiger partial charge in [-0.3, -0.25) is 0 Å². The molecule has 0 spiro atoms. The normalized spacial score (nSPS) is 12.4. The third kappa shape index (κ3) is 3.83. The number of halogens is 1. The van der Waals surface area contributed by atoms with Gasteiger partial charge in [0, 0.05) is 9.61 Å². The summed E-state index contributed by atoms with van der Waals surface area (Å²) in [6, 6.07) is 15.8. The van der Waals surface area contributed by atoms with Crippen LogP contribution in [0.4, 0.5) is 0 Å². The van der Waals surface area contributed by atoms with Crippen molar-refractivity contribution >= 4 is 22.6 Å². The van der Waals surface area contributed by atoms with Gasteiger partial charge in [0.2, 0.25) is 0 Å². The van der Waals surface area contributed by atoms with Crippen LogP contribution in [0.5, 0.6) is 0 Å². The van der Waals surface area contributed by atoms with Crippen molar-refractivity contribution in [3.8, 4) is 0 Å². The summed E-state index contributed by atoms with van der Waals surface area (Å²) < 4.78 is 1.33. The SMILES string of the molecule is CCNC(Cc1cc(C)ccc1C)c1ccccc1I. The predicted molar refractivity (Wildman–Crippen MR) is 95.2 cm³/mol. The number of aryl methyl sites for hydroxylation is 2. The minimum atomic E-state index is 0.383. The van der Waals surface area contributed by atoms with Gasteiger partial charge >= 0.3 is 0 Å². The van der Waals surface area contributed by atoms with Crippen molar-refractivity contribution in [3.63, 3.8) is 0 Å². The lowest BCUT2D eigenvalue weighted by molar-refractivity contribution is 0.546. The summed E-state index contributed by atoms with van der Waals surface area (Å²) in [5.74, 6) is 0. The van der Waals surface area contributed by atoms with E-state index >= 15 is 0 Å². The Kier molecular flexibility index (Phi) is 5.61. The van der Waals surface area contributed by atoms with Crippen LogP contribution in [-0.2, 0) is 6.42 Å². The smallest absolute Gasteiger partial charge is 0.0371 e.